The number of nitrogens with one attached hydrogen (secondary N) is 1. The Bertz CT molecular complexity index is 831. The molecule has 0 aliphatic heterocycles. The maximum Gasteiger partial charge on any atom is 0.0505 e. The number of hydrogen-bond acceptors (Lipinski definition) is 1. The molecule has 3 aromatic rings. The van der Waals surface area contributed by atoms with Gasteiger partial charge in [0, 0.05) is 15.9 Å². The number of rotatable bonds is 2. The van der Waals surface area contributed by atoms with Crippen LogP contribution >= 0.6 is 15.9 Å². The molecule has 2 aromatic carbocycles. The first-order chi connectivity index (χ1) is 10.6. The van der Waals surface area contributed by atoms with E-state index in [1.54, 1.807) is 0 Å². The van der Waals surface area contributed by atoms with Gasteiger partial charge in [0.25, 0.3) is 0 Å². The van der Waals surface area contributed by atoms with Crippen LogP contribution in [-0.4, -0.2) is 10.7 Å². The van der Waals surface area contributed by atoms with Crippen molar-refractivity contribution in [2.24, 2.45) is 0 Å². The van der Waals surface area contributed by atoms with Crippen molar-refractivity contribution in [2.45, 2.75) is 32.7 Å². The molecule has 0 amide bonds. The molecule has 1 N–H and O–H groups in total. The summed E-state index contributed by atoms with van der Waals surface area (Å²) in [5.41, 5.74) is 9.11. The van der Waals surface area contributed by atoms with Gasteiger partial charge in [0.15, 0.2) is 0 Å². The second kappa shape index (κ2) is 5.17. The molecule has 1 aliphatic carbocycles. The van der Waals surface area contributed by atoms with Crippen molar-refractivity contribution in [1.82, 2.24) is 4.68 Å². The van der Waals surface area contributed by atoms with E-state index in [1.807, 2.05) is 0 Å². The van der Waals surface area contributed by atoms with Crippen molar-refractivity contribution in [3.63, 3.8) is 0 Å². The van der Waals surface area contributed by atoms with Gasteiger partial charge in [-0.3, -0.25) is 4.68 Å². The predicted octanol–water partition coefficient (Wildman–Crippen LogP) is 4.73. The third-order valence-electron chi connectivity index (χ3n) is 4.68. The van der Waals surface area contributed by atoms with Gasteiger partial charge < -0.3 is 5.43 Å². The zero-order valence-electron chi connectivity index (χ0n) is 12.9. The van der Waals surface area contributed by atoms with Crippen LogP contribution in [0.5, 0.6) is 0 Å². The quantitative estimate of drug-likeness (QED) is 0.703. The van der Waals surface area contributed by atoms with Crippen molar-refractivity contribution < 1.29 is 0 Å². The molecular weight excluding hydrogens is 336 g/mol. The van der Waals surface area contributed by atoms with Crippen LogP contribution in [0.4, 0.5) is 0 Å². The van der Waals surface area contributed by atoms with Gasteiger partial charge in [-0.05, 0) is 66.8 Å². The maximum atomic E-state index is 3.70. The Morgan fingerprint density at radius 3 is 2.36 bits per heavy atom. The summed E-state index contributed by atoms with van der Waals surface area (Å²) in [5, 5.41) is 2.78. The first kappa shape index (κ1) is 13.9. The highest BCUT2D eigenvalue weighted by atomic mass is 79.9. The highest BCUT2D eigenvalue weighted by Crippen LogP contribution is 2.34. The van der Waals surface area contributed by atoms with Gasteiger partial charge in [-0.1, -0.05) is 40.2 Å². The van der Waals surface area contributed by atoms with Crippen LogP contribution in [0, 0.1) is 13.8 Å². The zero-order valence-corrected chi connectivity index (χ0v) is 14.4. The molecule has 0 saturated heterocycles. The van der Waals surface area contributed by atoms with Crippen molar-refractivity contribution >= 4 is 26.7 Å². The number of aryl methyl sites for hydroxylation is 2. The fraction of sp³-hybridized carbons (Fsp3) is 0.263. The third kappa shape index (κ3) is 2.15. The van der Waals surface area contributed by atoms with Gasteiger partial charge in [0.2, 0.25) is 0 Å². The van der Waals surface area contributed by atoms with Crippen LogP contribution in [0.1, 0.15) is 22.5 Å². The Hall–Kier alpha value is -1.74. The summed E-state index contributed by atoms with van der Waals surface area (Å²) in [4.78, 5) is 0. The summed E-state index contributed by atoms with van der Waals surface area (Å²) >= 11 is 3.68. The lowest BCUT2D eigenvalue weighted by Crippen LogP contribution is -2.35. The Morgan fingerprint density at radius 2 is 1.64 bits per heavy atom. The van der Waals surface area contributed by atoms with Crippen LogP contribution in [0.3, 0.4) is 0 Å². The van der Waals surface area contributed by atoms with E-state index in [-0.39, 0.29) is 0 Å². The SMILES string of the molecule is Cc1ccc(C)n1NC1Cc2cccc3c(Br)ccc(c23)C1. The van der Waals surface area contributed by atoms with Gasteiger partial charge in [0.05, 0.1) is 6.04 Å². The van der Waals surface area contributed by atoms with Crippen LogP contribution in [-0.2, 0) is 12.8 Å². The molecule has 1 unspecified atom stereocenters. The van der Waals surface area contributed by atoms with Crippen LogP contribution < -0.4 is 5.43 Å². The number of halogens is 1. The molecule has 1 heterocycles. The molecule has 4 rings (SSSR count). The molecule has 1 atom stereocenters. The highest BCUT2D eigenvalue weighted by Gasteiger charge is 2.22. The molecule has 0 bridgehead atoms. The van der Waals surface area contributed by atoms with Crippen molar-refractivity contribution in [2.75, 3.05) is 5.43 Å². The van der Waals surface area contributed by atoms with E-state index in [1.165, 1.54) is 37.8 Å². The fourth-order valence-corrected chi connectivity index (χ4v) is 4.08. The second-order valence-corrected chi connectivity index (χ2v) is 7.09. The minimum Gasteiger partial charge on any atom is -0.322 e. The van der Waals surface area contributed by atoms with E-state index < -0.39 is 0 Å². The lowest BCUT2D eigenvalue weighted by molar-refractivity contribution is 0.609. The molecule has 1 aliphatic rings. The molecule has 0 fully saturated rings. The number of nitrogens with zero attached hydrogens (tertiary/aromatic N) is 1. The van der Waals surface area contributed by atoms with E-state index in [0.717, 1.165) is 12.8 Å². The molecule has 3 heteroatoms. The largest absolute Gasteiger partial charge is 0.322 e. The number of hydrogen-bond donors (Lipinski definition) is 1. The van der Waals surface area contributed by atoms with Crippen LogP contribution in [0.2, 0.25) is 0 Å². The van der Waals surface area contributed by atoms with E-state index in [2.05, 4.69) is 82.3 Å². The highest BCUT2D eigenvalue weighted by molar-refractivity contribution is 9.10. The minimum atomic E-state index is 0.434. The third-order valence-corrected chi connectivity index (χ3v) is 5.37. The maximum absolute atomic E-state index is 3.70. The lowest BCUT2D eigenvalue weighted by Gasteiger charge is -2.28. The molecule has 1 aromatic heterocycles. The monoisotopic (exact) mass is 354 g/mol. The normalized spacial score (nSPS) is 17.0. The molecule has 0 spiro atoms. The summed E-state index contributed by atoms with van der Waals surface area (Å²) in [5.74, 6) is 0. The van der Waals surface area contributed by atoms with E-state index in [9.17, 15) is 0 Å². The molecule has 22 heavy (non-hydrogen) atoms. The Kier molecular flexibility index (Phi) is 3.26. The summed E-state index contributed by atoms with van der Waals surface area (Å²) in [6.45, 7) is 4.29. The second-order valence-electron chi connectivity index (χ2n) is 6.23. The molecule has 2 nitrogen and oxygen atoms in total. The molecule has 0 saturated carbocycles. The van der Waals surface area contributed by atoms with Crippen molar-refractivity contribution in [3.8, 4) is 0 Å². The van der Waals surface area contributed by atoms with E-state index >= 15 is 0 Å². The predicted molar refractivity (Wildman–Crippen MR) is 96.1 cm³/mol. The number of benzene rings is 2. The summed E-state index contributed by atoms with van der Waals surface area (Å²) in [6, 6.07) is 15.8. The fourth-order valence-electron chi connectivity index (χ4n) is 3.61. The summed E-state index contributed by atoms with van der Waals surface area (Å²) < 4.78 is 3.41. The number of aromatic nitrogens is 1. The first-order valence-corrected chi connectivity index (χ1v) is 8.53. The lowest BCUT2D eigenvalue weighted by atomic mass is 9.86. The Labute approximate surface area is 139 Å². The van der Waals surface area contributed by atoms with E-state index in [0.29, 0.717) is 6.04 Å². The topological polar surface area (TPSA) is 17.0 Å². The van der Waals surface area contributed by atoms with Crippen molar-refractivity contribution in [1.29, 1.82) is 0 Å². The van der Waals surface area contributed by atoms with Gasteiger partial charge in [-0.25, -0.2) is 0 Å². The standard InChI is InChI=1S/C19H19BrN2/c1-12-6-7-13(2)22(12)21-16-10-14-4-3-5-17-18(20)9-8-15(11-16)19(14)17/h3-9,16,21H,10-11H2,1-2H3. The first-order valence-electron chi connectivity index (χ1n) is 7.74. The average Bonchev–Trinajstić information content (AvgIpc) is 2.83. The van der Waals surface area contributed by atoms with E-state index in [4.69, 9.17) is 0 Å². The van der Waals surface area contributed by atoms with Crippen LogP contribution in [0.15, 0.2) is 46.9 Å². The molecular formula is C19H19BrN2. The van der Waals surface area contributed by atoms with Gasteiger partial charge in [-0.15, -0.1) is 0 Å². The van der Waals surface area contributed by atoms with Gasteiger partial charge >= 0.3 is 0 Å². The smallest absolute Gasteiger partial charge is 0.0505 e. The molecule has 112 valence electrons. The Balaban J connectivity index is 1.73. The zero-order chi connectivity index (χ0) is 15.3. The summed E-state index contributed by atoms with van der Waals surface area (Å²) in [7, 11) is 0. The van der Waals surface area contributed by atoms with Gasteiger partial charge in [-0.2, -0.15) is 0 Å². The summed E-state index contributed by atoms with van der Waals surface area (Å²) in [6.07, 6.45) is 2.13. The minimum absolute atomic E-state index is 0.434. The average molecular weight is 355 g/mol. The molecule has 0 radical (unpaired) electrons. The van der Waals surface area contributed by atoms with Gasteiger partial charge in [0.1, 0.15) is 0 Å². The van der Waals surface area contributed by atoms with Crippen molar-refractivity contribution in [3.05, 3.63) is 69.5 Å². The van der Waals surface area contributed by atoms with Crippen LogP contribution in [0.25, 0.3) is 10.8 Å². The Morgan fingerprint density at radius 1 is 0.955 bits per heavy atom.